The Morgan fingerprint density at radius 2 is 1.92 bits per heavy atom. The molecule has 0 aliphatic heterocycles. The van der Waals surface area contributed by atoms with Crippen LogP contribution in [0.3, 0.4) is 0 Å². The zero-order chi connectivity index (χ0) is 9.90. The van der Waals surface area contributed by atoms with Crippen molar-refractivity contribution in [3.05, 3.63) is 0 Å². The molecule has 1 N–H and O–H groups in total. The predicted octanol–water partition coefficient (Wildman–Crippen LogP) is 3.20. The van der Waals surface area contributed by atoms with Gasteiger partial charge in [0.1, 0.15) is 0 Å². The van der Waals surface area contributed by atoms with Gasteiger partial charge in [0.2, 0.25) is 0 Å². The van der Waals surface area contributed by atoms with E-state index in [1.54, 1.807) is 0 Å². The number of rotatable bonds is 5. The number of hydrogen-bond acceptors (Lipinski definition) is 1. The molecule has 1 fully saturated rings. The van der Waals surface area contributed by atoms with Crippen LogP contribution in [0.5, 0.6) is 0 Å². The Hall–Kier alpha value is -0.0400. The van der Waals surface area contributed by atoms with Gasteiger partial charge in [0.05, 0.1) is 0 Å². The summed E-state index contributed by atoms with van der Waals surface area (Å²) in [6, 6.07) is 0.792. The zero-order valence-electron chi connectivity index (χ0n) is 9.69. The van der Waals surface area contributed by atoms with Gasteiger partial charge in [0.15, 0.2) is 0 Å². The molecule has 0 aromatic rings. The molecule has 1 rings (SSSR count). The molecule has 0 aromatic carbocycles. The fraction of sp³-hybridized carbons (Fsp3) is 1.00. The third-order valence-corrected chi connectivity index (χ3v) is 2.68. The standard InChI is InChI=1S/C12H25N/c1-5-8-13-11(10-6-7-10)9-12(2,3)4/h10-11,13H,5-9H2,1-4H3. The van der Waals surface area contributed by atoms with Crippen LogP contribution in [0.2, 0.25) is 0 Å². The molecular formula is C12H25N. The van der Waals surface area contributed by atoms with E-state index < -0.39 is 0 Å². The summed E-state index contributed by atoms with van der Waals surface area (Å²) in [4.78, 5) is 0. The minimum Gasteiger partial charge on any atom is -0.314 e. The van der Waals surface area contributed by atoms with Gasteiger partial charge in [0, 0.05) is 6.04 Å². The van der Waals surface area contributed by atoms with Crippen LogP contribution in [0.15, 0.2) is 0 Å². The Labute approximate surface area is 83.3 Å². The highest BCUT2D eigenvalue weighted by Gasteiger charge is 2.32. The molecule has 1 nitrogen and oxygen atoms in total. The maximum absolute atomic E-state index is 3.69. The molecule has 0 bridgehead atoms. The summed E-state index contributed by atoms with van der Waals surface area (Å²) in [6.45, 7) is 10.5. The summed E-state index contributed by atoms with van der Waals surface area (Å²) in [5, 5.41) is 3.69. The molecule has 1 heteroatoms. The van der Waals surface area contributed by atoms with E-state index in [0.29, 0.717) is 5.41 Å². The first-order chi connectivity index (χ1) is 6.03. The first kappa shape index (κ1) is 11.0. The van der Waals surface area contributed by atoms with Gasteiger partial charge in [-0.1, -0.05) is 27.7 Å². The van der Waals surface area contributed by atoms with Crippen LogP contribution in [0.1, 0.15) is 53.4 Å². The highest BCUT2D eigenvalue weighted by Crippen LogP contribution is 2.37. The molecule has 0 aromatic heterocycles. The lowest BCUT2D eigenvalue weighted by molar-refractivity contribution is 0.289. The van der Waals surface area contributed by atoms with Gasteiger partial charge >= 0.3 is 0 Å². The summed E-state index contributed by atoms with van der Waals surface area (Å²) in [6.07, 6.45) is 5.50. The smallest absolute Gasteiger partial charge is 0.0100 e. The van der Waals surface area contributed by atoms with Crippen molar-refractivity contribution in [2.75, 3.05) is 6.54 Å². The second-order valence-corrected chi connectivity index (χ2v) is 5.66. The molecule has 0 spiro atoms. The van der Waals surface area contributed by atoms with Crippen LogP contribution in [0.25, 0.3) is 0 Å². The van der Waals surface area contributed by atoms with Gasteiger partial charge in [0.25, 0.3) is 0 Å². The highest BCUT2D eigenvalue weighted by molar-refractivity contribution is 4.88. The van der Waals surface area contributed by atoms with Crippen LogP contribution in [-0.2, 0) is 0 Å². The summed E-state index contributed by atoms with van der Waals surface area (Å²) in [7, 11) is 0. The van der Waals surface area contributed by atoms with E-state index >= 15 is 0 Å². The van der Waals surface area contributed by atoms with E-state index in [4.69, 9.17) is 0 Å². The van der Waals surface area contributed by atoms with Crippen molar-refractivity contribution in [2.45, 2.75) is 59.4 Å². The van der Waals surface area contributed by atoms with E-state index in [-0.39, 0.29) is 0 Å². The first-order valence-corrected chi connectivity index (χ1v) is 5.76. The monoisotopic (exact) mass is 183 g/mol. The lowest BCUT2D eigenvalue weighted by Crippen LogP contribution is -2.35. The van der Waals surface area contributed by atoms with Gasteiger partial charge < -0.3 is 5.32 Å². The van der Waals surface area contributed by atoms with E-state index in [2.05, 4.69) is 33.0 Å². The molecule has 13 heavy (non-hydrogen) atoms. The number of nitrogens with one attached hydrogen (secondary N) is 1. The molecule has 0 amide bonds. The third kappa shape index (κ3) is 4.66. The normalized spacial score (nSPS) is 20.3. The van der Waals surface area contributed by atoms with Crippen LogP contribution in [0, 0.1) is 11.3 Å². The average Bonchev–Trinajstić information content (AvgIpc) is 2.77. The van der Waals surface area contributed by atoms with Gasteiger partial charge in [-0.25, -0.2) is 0 Å². The maximum Gasteiger partial charge on any atom is 0.0100 e. The Balaban J connectivity index is 2.29. The molecule has 1 aliphatic carbocycles. The molecule has 1 unspecified atom stereocenters. The van der Waals surface area contributed by atoms with E-state index in [9.17, 15) is 0 Å². The van der Waals surface area contributed by atoms with E-state index in [1.807, 2.05) is 0 Å². The van der Waals surface area contributed by atoms with Gasteiger partial charge in [-0.3, -0.25) is 0 Å². The van der Waals surface area contributed by atoms with Crippen molar-refractivity contribution < 1.29 is 0 Å². The van der Waals surface area contributed by atoms with Crippen LogP contribution >= 0.6 is 0 Å². The summed E-state index contributed by atoms with van der Waals surface area (Å²) < 4.78 is 0. The summed E-state index contributed by atoms with van der Waals surface area (Å²) in [5.74, 6) is 0.991. The minimum atomic E-state index is 0.480. The Morgan fingerprint density at radius 1 is 1.31 bits per heavy atom. The van der Waals surface area contributed by atoms with Crippen LogP contribution < -0.4 is 5.32 Å². The second kappa shape index (κ2) is 4.45. The fourth-order valence-electron chi connectivity index (χ4n) is 1.89. The molecule has 1 atom stereocenters. The average molecular weight is 183 g/mol. The molecule has 1 aliphatic rings. The van der Waals surface area contributed by atoms with Crippen molar-refractivity contribution in [2.24, 2.45) is 11.3 Å². The largest absolute Gasteiger partial charge is 0.314 e. The van der Waals surface area contributed by atoms with Crippen molar-refractivity contribution in [1.29, 1.82) is 0 Å². The summed E-state index contributed by atoms with van der Waals surface area (Å²) in [5.41, 5.74) is 0.480. The van der Waals surface area contributed by atoms with Gasteiger partial charge in [-0.15, -0.1) is 0 Å². The second-order valence-electron chi connectivity index (χ2n) is 5.66. The molecular weight excluding hydrogens is 158 g/mol. The molecule has 78 valence electrons. The van der Waals surface area contributed by atoms with Gasteiger partial charge in [-0.05, 0) is 43.6 Å². The quantitative estimate of drug-likeness (QED) is 0.690. The van der Waals surface area contributed by atoms with Gasteiger partial charge in [-0.2, -0.15) is 0 Å². The van der Waals surface area contributed by atoms with Crippen molar-refractivity contribution in [1.82, 2.24) is 5.32 Å². The number of hydrogen-bond donors (Lipinski definition) is 1. The summed E-state index contributed by atoms with van der Waals surface area (Å²) >= 11 is 0. The predicted molar refractivity (Wildman–Crippen MR) is 58.9 cm³/mol. The third-order valence-electron chi connectivity index (χ3n) is 2.68. The molecule has 1 saturated carbocycles. The molecule has 0 saturated heterocycles. The Bertz CT molecular complexity index is 142. The Kier molecular flexibility index (Phi) is 3.78. The molecule has 0 radical (unpaired) electrons. The van der Waals surface area contributed by atoms with E-state index in [1.165, 1.54) is 32.2 Å². The lowest BCUT2D eigenvalue weighted by atomic mass is 9.86. The van der Waals surface area contributed by atoms with Crippen molar-refractivity contribution >= 4 is 0 Å². The maximum atomic E-state index is 3.69. The minimum absolute atomic E-state index is 0.480. The van der Waals surface area contributed by atoms with Crippen LogP contribution in [0.4, 0.5) is 0 Å². The fourth-order valence-corrected chi connectivity index (χ4v) is 1.89. The highest BCUT2D eigenvalue weighted by atomic mass is 14.9. The van der Waals surface area contributed by atoms with E-state index in [0.717, 1.165) is 12.0 Å². The topological polar surface area (TPSA) is 12.0 Å². The zero-order valence-corrected chi connectivity index (χ0v) is 9.69. The first-order valence-electron chi connectivity index (χ1n) is 5.76. The SMILES string of the molecule is CCCNC(CC(C)(C)C)C1CC1. The molecule has 0 heterocycles. The van der Waals surface area contributed by atoms with Crippen molar-refractivity contribution in [3.8, 4) is 0 Å². The Morgan fingerprint density at radius 3 is 2.31 bits per heavy atom. The van der Waals surface area contributed by atoms with Crippen LogP contribution in [-0.4, -0.2) is 12.6 Å². The van der Waals surface area contributed by atoms with Crippen molar-refractivity contribution in [3.63, 3.8) is 0 Å². The lowest BCUT2D eigenvalue weighted by Gasteiger charge is -2.26.